The second-order valence-electron chi connectivity index (χ2n) is 2.78. The molecule has 0 saturated carbocycles. The van der Waals surface area contributed by atoms with E-state index in [0.717, 1.165) is 0 Å². The van der Waals surface area contributed by atoms with Gasteiger partial charge in [0.05, 0.1) is 0 Å². The first-order valence-corrected chi connectivity index (χ1v) is 3.67. The first-order chi connectivity index (χ1) is 5.57. The quantitative estimate of drug-likeness (QED) is 0.484. The fraction of sp³-hybridized carbons (Fsp3) is 0.857. The summed E-state index contributed by atoms with van der Waals surface area (Å²) in [6, 6.07) is 0. The highest BCUT2D eigenvalue weighted by atomic mass is 16.6. The third-order valence-electron chi connectivity index (χ3n) is 1.94. The number of esters is 1. The highest BCUT2D eigenvalue weighted by Gasteiger charge is 2.42. The van der Waals surface area contributed by atoms with Crippen molar-refractivity contribution in [3.63, 3.8) is 0 Å². The van der Waals surface area contributed by atoms with Gasteiger partial charge in [0.25, 0.3) is 0 Å². The van der Waals surface area contributed by atoms with Gasteiger partial charge in [0.15, 0.2) is 6.10 Å². The van der Waals surface area contributed by atoms with Crippen molar-refractivity contribution < 1.29 is 24.5 Å². The minimum Gasteiger partial charge on any atom is -0.458 e. The van der Waals surface area contributed by atoms with Crippen LogP contribution in [0.25, 0.3) is 0 Å². The smallest absolute Gasteiger partial charge is 0.338 e. The van der Waals surface area contributed by atoms with Crippen LogP contribution < -0.4 is 0 Å². The molecule has 2 N–H and O–H groups in total. The number of hydrogen-bond acceptors (Lipinski definition) is 5. The van der Waals surface area contributed by atoms with Crippen LogP contribution in [-0.4, -0.2) is 47.7 Å². The van der Waals surface area contributed by atoms with Crippen molar-refractivity contribution >= 4 is 5.97 Å². The lowest BCUT2D eigenvalue weighted by molar-refractivity contribution is -0.203. The Balaban J connectivity index is 2.72. The predicted octanol–water partition coefficient (Wildman–Crippen LogP) is -1.33. The molecule has 1 saturated heterocycles. The first-order valence-electron chi connectivity index (χ1n) is 3.67. The van der Waals surface area contributed by atoms with Crippen LogP contribution in [0.1, 0.15) is 6.92 Å². The minimum absolute atomic E-state index is 0.527. The molecule has 0 spiro atoms. The summed E-state index contributed by atoms with van der Waals surface area (Å²) in [6.45, 7) is 1.60. The molecule has 0 aromatic carbocycles. The van der Waals surface area contributed by atoms with E-state index in [0.29, 0.717) is 0 Å². The Morgan fingerprint density at radius 2 is 2.08 bits per heavy atom. The molecule has 0 aliphatic carbocycles. The summed E-state index contributed by atoms with van der Waals surface area (Å²) in [4.78, 5) is 10.8. The number of hydrogen-bond donors (Lipinski definition) is 2. The second kappa shape index (κ2) is 3.38. The van der Waals surface area contributed by atoms with Gasteiger partial charge in [0, 0.05) is 7.11 Å². The van der Waals surface area contributed by atoms with E-state index in [1.165, 1.54) is 7.11 Å². The lowest BCUT2D eigenvalue weighted by Gasteiger charge is -2.34. The Labute approximate surface area is 69.9 Å². The molecule has 4 atom stereocenters. The van der Waals surface area contributed by atoms with E-state index in [1.54, 1.807) is 6.92 Å². The Bertz CT molecular complexity index is 181. The summed E-state index contributed by atoms with van der Waals surface area (Å²) in [5.74, 6) is -0.802. The lowest BCUT2D eigenvalue weighted by atomic mass is 10.0. The van der Waals surface area contributed by atoms with E-state index in [4.69, 9.17) is 14.6 Å². The van der Waals surface area contributed by atoms with E-state index in [2.05, 4.69) is 0 Å². The van der Waals surface area contributed by atoms with E-state index in [1.807, 2.05) is 0 Å². The molecule has 0 aromatic heterocycles. The highest BCUT2D eigenvalue weighted by molar-refractivity contribution is 5.76. The predicted molar refractivity (Wildman–Crippen MR) is 38.4 cm³/mol. The molecule has 70 valence electrons. The van der Waals surface area contributed by atoms with Crippen LogP contribution >= 0.6 is 0 Å². The summed E-state index contributed by atoms with van der Waals surface area (Å²) in [5, 5.41) is 18.4. The lowest BCUT2D eigenvalue weighted by Crippen LogP contribution is -2.55. The van der Waals surface area contributed by atoms with Gasteiger partial charge >= 0.3 is 5.97 Å². The molecule has 0 amide bonds. The van der Waals surface area contributed by atoms with Crippen molar-refractivity contribution in [2.75, 3.05) is 7.11 Å². The molecule has 0 aromatic rings. The van der Waals surface area contributed by atoms with Gasteiger partial charge in [0.2, 0.25) is 0 Å². The van der Waals surface area contributed by atoms with Gasteiger partial charge in [-0.3, -0.25) is 0 Å². The zero-order valence-corrected chi connectivity index (χ0v) is 6.93. The Kier molecular flexibility index (Phi) is 2.66. The average molecular weight is 176 g/mol. The van der Waals surface area contributed by atoms with Crippen LogP contribution in [0.5, 0.6) is 0 Å². The zero-order valence-electron chi connectivity index (χ0n) is 6.93. The number of methoxy groups -OCH3 is 1. The van der Waals surface area contributed by atoms with Crippen LogP contribution in [0.4, 0.5) is 0 Å². The van der Waals surface area contributed by atoms with E-state index < -0.39 is 30.4 Å². The number of ether oxygens (including phenoxy) is 2. The normalized spacial score (nSPS) is 42.5. The number of rotatable bonds is 1. The summed E-state index contributed by atoms with van der Waals surface area (Å²) in [6.07, 6.45) is -3.88. The number of carbonyl (C=O) groups is 1. The fourth-order valence-corrected chi connectivity index (χ4v) is 1.25. The highest BCUT2D eigenvalue weighted by Crippen LogP contribution is 2.18. The maximum absolute atomic E-state index is 10.8. The van der Waals surface area contributed by atoms with E-state index >= 15 is 0 Å². The second-order valence-corrected chi connectivity index (χ2v) is 2.78. The van der Waals surface area contributed by atoms with Crippen molar-refractivity contribution in [2.24, 2.45) is 0 Å². The van der Waals surface area contributed by atoms with Crippen LogP contribution in [0.2, 0.25) is 0 Å². The van der Waals surface area contributed by atoms with Crippen molar-refractivity contribution in [1.29, 1.82) is 0 Å². The maximum atomic E-state index is 10.8. The first kappa shape index (κ1) is 9.44. The SMILES string of the molecule is CO[C@H]1[C@@H](O)[C@@H](O)C(=O)O[C@H]1C. The van der Waals surface area contributed by atoms with Crippen molar-refractivity contribution in [2.45, 2.75) is 31.3 Å². The third kappa shape index (κ3) is 1.43. The molecule has 5 heteroatoms. The largest absolute Gasteiger partial charge is 0.458 e. The Hall–Kier alpha value is -0.650. The molecule has 1 aliphatic rings. The van der Waals surface area contributed by atoms with Crippen molar-refractivity contribution in [1.82, 2.24) is 0 Å². The fourth-order valence-electron chi connectivity index (χ4n) is 1.25. The van der Waals surface area contributed by atoms with Crippen molar-refractivity contribution in [3.05, 3.63) is 0 Å². The molecule has 0 unspecified atom stereocenters. The van der Waals surface area contributed by atoms with Crippen LogP contribution in [0, 0.1) is 0 Å². The van der Waals surface area contributed by atoms with Gasteiger partial charge in [-0.05, 0) is 6.92 Å². The monoisotopic (exact) mass is 176 g/mol. The van der Waals surface area contributed by atoms with Gasteiger partial charge < -0.3 is 19.7 Å². The standard InChI is InChI=1S/C7H12O5/c1-3-6(11-2)4(8)5(9)7(10)12-3/h3-6,8-9H,1-2H3/t3-,4-,5+,6+/m0/s1. The molecule has 1 fully saturated rings. The van der Waals surface area contributed by atoms with E-state index in [-0.39, 0.29) is 0 Å². The molecule has 0 radical (unpaired) electrons. The maximum Gasteiger partial charge on any atom is 0.338 e. The Morgan fingerprint density at radius 1 is 1.50 bits per heavy atom. The van der Waals surface area contributed by atoms with Gasteiger partial charge in [-0.2, -0.15) is 0 Å². The number of aliphatic hydroxyl groups excluding tert-OH is 2. The summed E-state index contributed by atoms with van der Waals surface area (Å²) in [7, 11) is 1.39. The zero-order chi connectivity index (χ0) is 9.30. The molecule has 1 aliphatic heterocycles. The molecule has 0 bridgehead atoms. The molecular formula is C7H12O5. The molecule has 12 heavy (non-hydrogen) atoms. The topological polar surface area (TPSA) is 76.0 Å². The third-order valence-corrected chi connectivity index (χ3v) is 1.94. The Morgan fingerprint density at radius 3 is 2.58 bits per heavy atom. The number of cyclic esters (lactones) is 1. The van der Waals surface area contributed by atoms with Crippen LogP contribution in [-0.2, 0) is 14.3 Å². The number of carbonyl (C=O) groups excluding carboxylic acids is 1. The van der Waals surface area contributed by atoms with Crippen molar-refractivity contribution in [3.8, 4) is 0 Å². The molecule has 1 rings (SSSR count). The summed E-state index contributed by atoms with van der Waals surface area (Å²) >= 11 is 0. The number of aliphatic hydroxyl groups is 2. The average Bonchev–Trinajstić information content (AvgIpc) is 2.01. The van der Waals surface area contributed by atoms with Crippen LogP contribution in [0.15, 0.2) is 0 Å². The molecular weight excluding hydrogens is 164 g/mol. The van der Waals surface area contributed by atoms with Gasteiger partial charge in [-0.15, -0.1) is 0 Å². The van der Waals surface area contributed by atoms with E-state index in [9.17, 15) is 9.90 Å². The summed E-state index contributed by atoms with van der Waals surface area (Å²) in [5.41, 5.74) is 0. The minimum atomic E-state index is -1.49. The summed E-state index contributed by atoms with van der Waals surface area (Å²) < 4.78 is 9.55. The van der Waals surface area contributed by atoms with Gasteiger partial charge in [-0.25, -0.2) is 4.79 Å². The van der Waals surface area contributed by atoms with Gasteiger partial charge in [-0.1, -0.05) is 0 Å². The molecule has 5 nitrogen and oxygen atoms in total. The molecule has 1 heterocycles. The van der Waals surface area contributed by atoms with Crippen LogP contribution in [0.3, 0.4) is 0 Å². The van der Waals surface area contributed by atoms with Gasteiger partial charge in [0.1, 0.15) is 18.3 Å².